The predicted molar refractivity (Wildman–Crippen MR) is 44.4 cm³/mol. The fraction of sp³-hybridized carbons (Fsp3) is 0.556. The van der Waals surface area contributed by atoms with E-state index in [9.17, 15) is 9.59 Å². The van der Waals surface area contributed by atoms with Gasteiger partial charge in [0.15, 0.2) is 5.78 Å². The highest BCUT2D eigenvalue weighted by atomic mass is 16.1. The first-order valence-electron chi connectivity index (χ1n) is 3.81. The predicted octanol–water partition coefficient (Wildman–Crippen LogP) is 1.89. The number of allylic oxidation sites excluding steroid dienone is 2. The maximum absolute atomic E-state index is 10.8. The van der Waals surface area contributed by atoms with Crippen LogP contribution in [0.15, 0.2) is 12.2 Å². The molecule has 0 saturated carbocycles. The Morgan fingerprint density at radius 1 is 1.27 bits per heavy atom. The Kier molecular flexibility index (Phi) is 5.35. The van der Waals surface area contributed by atoms with E-state index in [1.54, 1.807) is 19.1 Å². The fourth-order valence-corrected chi connectivity index (χ4v) is 0.781. The van der Waals surface area contributed by atoms with Crippen molar-refractivity contribution < 1.29 is 9.59 Å². The maximum Gasteiger partial charge on any atom is 0.155 e. The van der Waals surface area contributed by atoms with Gasteiger partial charge >= 0.3 is 0 Å². The lowest BCUT2D eigenvalue weighted by molar-refractivity contribution is -0.117. The van der Waals surface area contributed by atoms with Gasteiger partial charge in [-0.2, -0.15) is 0 Å². The zero-order chi connectivity index (χ0) is 8.69. The summed E-state index contributed by atoms with van der Waals surface area (Å²) >= 11 is 0. The lowest BCUT2D eigenvalue weighted by Crippen LogP contribution is -1.95. The second kappa shape index (κ2) is 5.83. The van der Waals surface area contributed by atoms with Crippen molar-refractivity contribution in [1.29, 1.82) is 0 Å². The van der Waals surface area contributed by atoms with Gasteiger partial charge in [0.1, 0.15) is 5.78 Å². The van der Waals surface area contributed by atoms with Crippen LogP contribution in [0, 0.1) is 0 Å². The first kappa shape index (κ1) is 10.1. The summed E-state index contributed by atoms with van der Waals surface area (Å²) < 4.78 is 0. The molecule has 0 fully saturated rings. The highest BCUT2D eigenvalue weighted by molar-refractivity contribution is 5.89. The van der Waals surface area contributed by atoms with Crippen LogP contribution in [0.1, 0.15) is 33.1 Å². The summed E-state index contributed by atoms with van der Waals surface area (Å²) in [6.45, 7) is 3.35. The van der Waals surface area contributed by atoms with Crippen molar-refractivity contribution in [1.82, 2.24) is 0 Å². The number of hydrogen-bond donors (Lipinski definition) is 0. The van der Waals surface area contributed by atoms with Crippen LogP contribution in [-0.4, -0.2) is 11.6 Å². The summed E-state index contributed by atoms with van der Waals surface area (Å²) in [5.41, 5.74) is 0. The first-order valence-corrected chi connectivity index (χ1v) is 3.81. The zero-order valence-corrected chi connectivity index (χ0v) is 7.09. The molecule has 0 atom stereocenters. The van der Waals surface area contributed by atoms with E-state index >= 15 is 0 Å². The van der Waals surface area contributed by atoms with E-state index in [1.165, 1.54) is 0 Å². The van der Waals surface area contributed by atoms with Crippen LogP contribution in [0.4, 0.5) is 0 Å². The summed E-state index contributed by atoms with van der Waals surface area (Å²) in [5, 5.41) is 0. The molecule has 11 heavy (non-hydrogen) atoms. The van der Waals surface area contributed by atoms with Gasteiger partial charge in [0.2, 0.25) is 0 Å². The first-order chi connectivity index (χ1) is 5.16. The molecule has 0 aromatic heterocycles. The third kappa shape index (κ3) is 6.97. The number of Topliss-reactive ketones (excluding diaryl/α,β-unsaturated/α-hetero) is 1. The van der Waals surface area contributed by atoms with Crippen molar-refractivity contribution in [3.63, 3.8) is 0 Å². The van der Waals surface area contributed by atoms with E-state index in [4.69, 9.17) is 0 Å². The van der Waals surface area contributed by atoms with E-state index in [0.717, 1.165) is 0 Å². The van der Waals surface area contributed by atoms with Gasteiger partial charge < -0.3 is 4.79 Å². The van der Waals surface area contributed by atoms with Crippen molar-refractivity contribution in [2.45, 2.75) is 33.1 Å². The second-order valence-corrected chi connectivity index (χ2v) is 2.52. The van der Waals surface area contributed by atoms with E-state index in [-0.39, 0.29) is 11.6 Å². The van der Waals surface area contributed by atoms with E-state index < -0.39 is 0 Å². The Morgan fingerprint density at radius 3 is 2.36 bits per heavy atom. The number of rotatable bonds is 5. The average Bonchev–Trinajstić information content (AvgIpc) is 1.87. The molecule has 0 heterocycles. The largest absolute Gasteiger partial charge is 0.300 e. The van der Waals surface area contributed by atoms with Crippen molar-refractivity contribution in [3.8, 4) is 0 Å². The smallest absolute Gasteiger partial charge is 0.155 e. The Hall–Kier alpha value is -0.920. The maximum atomic E-state index is 10.8. The van der Waals surface area contributed by atoms with Crippen LogP contribution in [0.5, 0.6) is 0 Å². The molecule has 0 rings (SSSR count). The Labute approximate surface area is 67.3 Å². The molecule has 0 aromatic rings. The van der Waals surface area contributed by atoms with Crippen molar-refractivity contribution in [3.05, 3.63) is 12.2 Å². The van der Waals surface area contributed by atoms with Gasteiger partial charge in [0.05, 0.1) is 0 Å². The van der Waals surface area contributed by atoms with Gasteiger partial charge in [-0.25, -0.2) is 0 Å². The topological polar surface area (TPSA) is 34.1 Å². The SMILES string of the molecule is C/C=C/C(=O)CCCC(C)=O. The molecule has 2 nitrogen and oxygen atoms in total. The number of hydrogen-bond acceptors (Lipinski definition) is 2. The minimum Gasteiger partial charge on any atom is -0.300 e. The molecule has 0 spiro atoms. The molecule has 0 bridgehead atoms. The molecule has 0 radical (unpaired) electrons. The monoisotopic (exact) mass is 154 g/mol. The Balaban J connectivity index is 3.39. The van der Waals surface area contributed by atoms with Gasteiger partial charge in [-0.1, -0.05) is 6.08 Å². The lowest BCUT2D eigenvalue weighted by Gasteiger charge is -1.92. The van der Waals surface area contributed by atoms with E-state index in [1.807, 2.05) is 6.92 Å². The van der Waals surface area contributed by atoms with Crippen LogP contribution in [0.25, 0.3) is 0 Å². The van der Waals surface area contributed by atoms with Crippen molar-refractivity contribution in [2.24, 2.45) is 0 Å². The summed E-state index contributed by atoms with van der Waals surface area (Å²) in [5.74, 6) is 0.257. The minimum absolute atomic E-state index is 0.105. The van der Waals surface area contributed by atoms with Gasteiger partial charge in [-0.05, 0) is 26.3 Å². The molecule has 0 saturated heterocycles. The molecule has 0 amide bonds. The molecular weight excluding hydrogens is 140 g/mol. The second-order valence-electron chi connectivity index (χ2n) is 2.52. The van der Waals surface area contributed by atoms with Crippen LogP contribution in [0.2, 0.25) is 0 Å². The quantitative estimate of drug-likeness (QED) is 0.567. The molecule has 0 aliphatic rings. The van der Waals surface area contributed by atoms with Crippen LogP contribution >= 0.6 is 0 Å². The highest BCUT2D eigenvalue weighted by Gasteiger charge is 1.97. The normalized spacial score (nSPS) is 10.4. The van der Waals surface area contributed by atoms with Crippen LogP contribution in [0.3, 0.4) is 0 Å². The highest BCUT2D eigenvalue weighted by Crippen LogP contribution is 1.97. The summed E-state index contributed by atoms with van der Waals surface area (Å²) in [6.07, 6.45) is 4.95. The summed E-state index contributed by atoms with van der Waals surface area (Å²) in [6, 6.07) is 0. The third-order valence-electron chi connectivity index (χ3n) is 1.30. The minimum atomic E-state index is 0.105. The standard InChI is InChI=1S/C9H14O2/c1-3-5-9(11)7-4-6-8(2)10/h3,5H,4,6-7H2,1-2H3/b5-3+. The molecule has 0 unspecified atom stereocenters. The van der Waals surface area contributed by atoms with Gasteiger partial charge in [0, 0.05) is 12.8 Å². The Morgan fingerprint density at radius 2 is 1.91 bits per heavy atom. The molecule has 0 N–H and O–H groups in total. The third-order valence-corrected chi connectivity index (χ3v) is 1.30. The van der Waals surface area contributed by atoms with Crippen LogP contribution < -0.4 is 0 Å². The summed E-state index contributed by atoms with van der Waals surface area (Å²) in [7, 11) is 0. The molecule has 0 aliphatic carbocycles. The molecular formula is C9H14O2. The van der Waals surface area contributed by atoms with E-state index in [2.05, 4.69) is 0 Å². The molecule has 62 valence electrons. The van der Waals surface area contributed by atoms with Gasteiger partial charge in [-0.15, -0.1) is 0 Å². The van der Waals surface area contributed by atoms with Gasteiger partial charge in [-0.3, -0.25) is 4.79 Å². The zero-order valence-electron chi connectivity index (χ0n) is 7.09. The number of carbonyl (C=O) groups is 2. The fourth-order valence-electron chi connectivity index (χ4n) is 0.781. The lowest BCUT2D eigenvalue weighted by atomic mass is 10.1. The van der Waals surface area contributed by atoms with E-state index in [0.29, 0.717) is 19.3 Å². The molecule has 2 heteroatoms. The molecule has 0 aromatic carbocycles. The van der Waals surface area contributed by atoms with Gasteiger partial charge in [0.25, 0.3) is 0 Å². The Bertz CT molecular complexity index is 168. The average molecular weight is 154 g/mol. The molecule has 0 aliphatic heterocycles. The number of carbonyl (C=O) groups excluding carboxylic acids is 2. The summed E-state index contributed by atoms with van der Waals surface area (Å²) in [4.78, 5) is 21.3. The number of ketones is 2. The van der Waals surface area contributed by atoms with Crippen molar-refractivity contribution in [2.75, 3.05) is 0 Å². The van der Waals surface area contributed by atoms with Crippen LogP contribution in [-0.2, 0) is 9.59 Å². The van der Waals surface area contributed by atoms with Crippen molar-refractivity contribution >= 4 is 11.6 Å².